The third-order valence-electron chi connectivity index (χ3n) is 3.34. The molecule has 100 valence electrons. The van der Waals surface area contributed by atoms with Crippen LogP contribution in [0, 0.1) is 12.7 Å². The molecule has 0 atom stereocenters. The molecular formula is C17H19FS. The topological polar surface area (TPSA) is 0 Å². The van der Waals surface area contributed by atoms with Crippen LogP contribution in [0.4, 0.5) is 4.39 Å². The first-order valence-corrected chi connectivity index (χ1v) is 7.28. The number of thiol groups is 1. The number of aryl methyl sites for hydroxylation is 2. The Balaban J connectivity index is 2.53. The number of benzene rings is 2. The molecule has 0 aliphatic carbocycles. The zero-order valence-corrected chi connectivity index (χ0v) is 12.3. The lowest BCUT2D eigenvalue weighted by Crippen LogP contribution is -1.93. The molecular weight excluding hydrogens is 255 g/mol. The maximum atomic E-state index is 14.1. The number of halogens is 1. The van der Waals surface area contributed by atoms with Gasteiger partial charge in [-0.25, -0.2) is 4.39 Å². The minimum Gasteiger partial charge on any atom is -0.206 e. The third kappa shape index (κ3) is 3.19. The summed E-state index contributed by atoms with van der Waals surface area (Å²) >= 11 is 4.29. The van der Waals surface area contributed by atoms with Gasteiger partial charge in [-0.3, -0.25) is 0 Å². The Bertz CT molecular complexity index is 575. The summed E-state index contributed by atoms with van der Waals surface area (Å²) in [6, 6.07) is 11.5. The lowest BCUT2D eigenvalue weighted by atomic mass is 9.95. The fraction of sp³-hybridized carbons (Fsp3) is 0.294. The van der Waals surface area contributed by atoms with E-state index >= 15 is 0 Å². The van der Waals surface area contributed by atoms with Gasteiger partial charge in [0, 0.05) is 11.3 Å². The maximum absolute atomic E-state index is 14.1. The van der Waals surface area contributed by atoms with Crippen LogP contribution in [0.15, 0.2) is 36.4 Å². The standard InChI is InChI=1S/C17H19FS/c1-3-4-13-7-8-17(18)16(9-13)15-10-14(11-19)6-5-12(15)2/h5-10,19H,3-4,11H2,1-2H3. The number of rotatable bonds is 4. The summed E-state index contributed by atoms with van der Waals surface area (Å²) in [5.41, 5.74) is 5.07. The Hall–Kier alpha value is -1.28. The van der Waals surface area contributed by atoms with Crippen molar-refractivity contribution >= 4 is 12.6 Å². The number of hydrogen-bond donors (Lipinski definition) is 1. The Morgan fingerprint density at radius 3 is 2.37 bits per heavy atom. The van der Waals surface area contributed by atoms with E-state index in [0.717, 1.165) is 29.5 Å². The first-order valence-electron chi connectivity index (χ1n) is 6.65. The first-order chi connectivity index (χ1) is 9.15. The molecule has 0 radical (unpaired) electrons. The van der Waals surface area contributed by atoms with E-state index in [2.05, 4.69) is 19.6 Å². The van der Waals surface area contributed by atoms with Crippen molar-refractivity contribution in [3.63, 3.8) is 0 Å². The van der Waals surface area contributed by atoms with Gasteiger partial charge in [0.2, 0.25) is 0 Å². The van der Waals surface area contributed by atoms with Crippen LogP contribution in [0.25, 0.3) is 11.1 Å². The summed E-state index contributed by atoms with van der Waals surface area (Å²) in [5.74, 6) is 0.517. The van der Waals surface area contributed by atoms with Crippen LogP contribution in [0.2, 0.25) is 0 Å². The van der Waals surface area contributed by atoms with Crippen molar-refractivity contribution in [3.05, 3.63) is 58.9 Å². The molecule has 0 spiro atoms. The molecule has 0 fully saturated rings. The van der Waals surface area contributed by atoms with Gasteiger partial charge in [-0.15, -0.1) is 0 Å². The van der Waals surface area contributed by atoms with Gasteiger partial charge >= 0.3 is 0 Å². The van der Waals surface area contributed by atoms with Gasteiger partial charge in [-0.1, -0.05) is 31.5 Å². The zero-order chi connectivity index (χ0) is 13.8. The first kappa shape index (κ1) is 14.1. The maximum Gasteiger partial charge on any atom is 0.131 e. The Morgan fingerprint density at radius 1 is 1.00 bits per heavy atom. The Labute approximate surface area is 120 Å². The van der Waals surface area contributed by atoms with Crippen molar-refractivity contribution in [1.82, 2.24) is 0 Å². The predicted octanol–water partition coefficient (Wildman–Crippen LogP) is 5.18. The van der Waals surface area contributed by atoms with E-state index in [1.165, 1.54) is 5.56 Å². The summed E-state index contributed by atoms with van der Waals surface area (Å²) in [5, 5.41) is 0. The Morgan fingerprint density at radius 2 is 1.68 bits per heavy atom. The molecule has 2 aromatic rings. The van der Waals surface area contributed by atoms with Gasteiger partial charge in [0.25, 0.3) is 0 Å². The van der Waals surface area contributed by atoms with Crippen molar-refractivity contribution in [1.29, 1.82) is 0 Å². The smallest absolute Gasteiger partial charge is 0.131 e. The van der Waals surface area contributed by atoms with Crippen LogP contribution in [0.1, 0.15) is 30.0 Å². The van der Waals surface area contributed by atoms with E-state index in [-0.39, 0.29) is 5.82 Å². The van der Waals surface area contributed by atoms with Crippen LogP contribution < -0.4 is 0 Å². The average molecular weight is 274 g/mol. The lowest BCUT2D eigenvalue weighted by Gasteiger charge is -2.11. The van der Waals surface area contributed by atoms with Crippen LogP contribution >= 0.6 is 12.6 Å². The second kappa shape index (κ2) is 6.25. The second-order valence-electron chi connectivity index (χ2n) is 4.87. The Kier molecular flexibility index (Phi) is 4.65. The highest BCUT2D eigenvalue weighted by molar-refractivity contribution is 7.79. The zero-order valence-electron chi connectivity index (χ0n) is 11.4. The monoisotopic (exact) mass is 274 g/mol. The van der Waals surface area contributed by atoms with Crippen LogP contribution in [0.3, 0.4) is 0 Å². The molecule has 2 aromatic carbocycles. The molecule has 2 heteroatoms. The molecule has 0 amide bonds. The van der Waals surface area contributed by atoms with Crippen molar-refractivity contribution in [2.45, 2.75) is 32.4 Å². The predicted molar refractivity (Wildman–Crippen MR) is 83.3 cm³/mol. The van der Waals surface area contributed by atoms with Gasteiger partial charge in [0.15, 0.2) is 0 Å². The highest BCUT2D eigenvalue weighted by atomic mass is 32.1. The highest BCUT2D eigenvalue weighted by Crippen LogP contribution is 2.29. The minimum absolute atomic E-state index is 0.153. The van der Waals surface area contributed by atoms with E-state index in [4.69, 9.17) is 0 Å². The molecule has 0 saturated heterocycles. The SMILES string of the molecule is CCCc1ccc(F)c(-c2cc(CS)ccc2C)c1. The van der Waals surface area contributed by atoms with E-state index in [1.54, 1.807) is 6.07 Å². The summed E-state index contributed by atoms with van der Waals surface area (Å²) in [6.07, 6.45) is 2.05. The molecule has 0 bridgehead atoms. The van der Waals surface area contributed by atoms with Crippen LogP contribution in [-0.2, 0) is 12.2 Å². The number of hydrogen-bond acceptors (Lipinski definition) is 1. The van der Waals surface area contributed by atoms with Crippen LogP contribution in [0.5, 0.6) is 0 Å². The van der Waals surface area contributed by atoms with Gasteiger partial charge in [0.1, 0.15) is 5.82 Å². The second-order valence-corrected chi connectivity index (χ2v) is 5.19. The summed E-state index contributed by atoms with van der Waals surface area (Å²) in [7, 11) is 0. The normalized spacial score (nSPS) is 10.7. The molecule has 2 rings (SSSR count). The van der Waals surface area contributed by atoms with Crippen molar-refractivity contribution in [2.75, 3.05) is 0 Å². The van der Waals surface area contributed by atoms with Gasteiger partial charge in [-0.2, -0.15) is 12.6 Å². The molecule has 0 nitrogen and oxygen atoms in total. The summed E-state index contributed by atoms with van der Waals surface area (Å²) in [4.78, 5) is 0. The van der Waals surface area contributed by atoms with E-state index in [9.17, 15) is 4.39 Å². The molecule has 0 unspecified atom stereocenters. The van der Waals surface area contributed by atoms with E-state index in [1.807, 2.05) is 37.3 Å². The highest BCUT2D eigenvalue weighted by Gasteiger charge is 2.09. The largest absolute Gasteiger partial charge is 0.206 e. The molecule has 0 N–H and O–H groups in total. The quantitative estimate of drug-likeness (QED) is 0.729. The molecule has 0 heterocycles. The van der Waals surface area contributed by atoms with E-state index < -0.39 is 0 Å². The van der Waals surface area contributed by atoms with Crippen molar-refractivity contribution in [3.8, 4) is 11.1 Å². The van der Waals surface area contributed by atoms with Crippen molar-refractivity contribution in [2.24, 2.45) is 0 Å². The van der Waals surface area contributed by atoms with Crippen LogP contribution in [-0.4, -0.2) is 0 Å². The molecule has 0 aliphatic heterocycles. The van der Waals surface area contributed by atoms with Crippen molar-refractivity contribution < 1.29 is 4.39 Å². The van der Waals surface area contributed by atoms with Gasteiger partial charge in [-0.05, 0) is 53.8 Å². The minimum atomic E-state index is -0.153. The summed E-state index contributed by atoms with van der Waals surface area (Å²) in [6.45, 7) is 4.15. The summed E-state index contributed by atoms with van der Waals surface area (Å²) < 4.78 is 14.1. The van der Waals surface area contributed by atoms with Gasteiger partial charge in [0.05, 0.1) is 0 Å². The fourth-order valence-electron chi connectivity index (χ4n) is 2.28. The molecule has 0 aromatic heterocycles. The fourth-order valence-corrected chi connectivity index (χ4v) is 2.48. The van der Waals surface area contributed by atoms with Gasteiger partial charge < -0.3 is 0 Å². The average Bonchev–Trinajstić information content (AvgIpc) is 2.42. The molecule has 0 saturated carbocycles. The van der Waals surface area contributed by atoms with E-state index in [0.29, 0.717) is 11.3 Å². The molecule has 0 aliphatic rings. The molecule has 19 heavy (non-hydrogen) atoms. The lowest BCUT2D eigenvalue weighted by molar-refractivity contribution is 0.630. The third-order valence-corrected chi connectivity index (χ3v) is 3.71.